The van der Waals surface area contributed by atoms with Crippen LogP contribution in [0, 0.1) is 6.92 Å². The van der Waals surface area contributed by atoms with Crippen molar-refractivity contribution in [2.75, 3.05) is 12.3 Å². The lowest BCUT2D eigenvalue weighted by Gasteiger charge is -2.10. The van der Waals surface area contributed by atoms with Crippen LogP contribution in [0.5, 0.6) is 5.75 Å². The Hall–Kier alpha value is -2.20. The number of amides is 1. The largest absolute Gasteiger partial charge is 0.484 e. The number of benzene rings is 2. The first-order valence-corrected chi connectivity index (χ1v) is 6.93. The fraction of sp³-hybridized carbons (Fsp3) is 0.188. The Labute approximate surface area is 128 Å². The Bertz CT molecular complexity index is 644. The first-order valence-electron chi connectivity index (χ1n) is 6.55. The number of anilines is 1. The fourth-order valence-electron chi connectivity index (χ4n) is 1.86. The molecule has 21 heavy (non-hydrogen) atoms. The number of rotatable bonds is 5. The number of nitrogen functional groups attached to an aromatic ring is 1. The van der Waals surface area contributed by atoms with Crippen LogP contribution in [0.25, 0.3) is 0 Å². The van der Waals surface area contributed by atoms with Gasteiger partial charge in [0.05, 0.1) is 0 Å². The summed E-state index contributed by atoms with van der Waals surface area (Å²) in [4.78, 5) is 11.8. The summed E-state index contributed by atoms with van der Waals surface area (Å²) in [7, 11) is 0. The first-order chi connectivity index (χ1) is 10.1. The van der Waals surface area contributed by atoms with Gasteiger partial charge in [-0.2, -0.15) is 0 Å². The summed E-state index contributed by atoms with van der Waals surface area (Å²) in [6, 6.07) is 12.7. The molecule has 0 bridgehead atoms. The van der Waals surface area contributed by atoms with Crippen LogP contribution in [-0.4, -0.2) is 12.5 Å². The summed E-state index contributed by atoms with van der Waals surface area (Å²) in [5.74, 6) is 0.447. The zero-order valence-electron chi connectivity index (χ0n) is 11.7. The van der Waals surface area contributed by atoms with Gasteiger partial charge in [0.1, 0.15) is 5.75 Å². The van der Waals surface area contributed by atoms with E-state index in [-0.39, 0.29) is 12.5 Å². The van der Waals surface area contributed by atoms with Gasteiger partial charge < -0.3 is 15.8 Å². The Kier molecular flexibility index (Phi) is 5.06. The molecule has 0 aromatic heterocycles. The van der Waals surface area contributed by atoms with Crippen molar-refractivity contribution >= 4 is 23.2 Å². The van der Waals surface area contributed by atoms with Gasteiger partial charge in [0.15, 0.2) is 6.61 Å². The Morgan fingerprint density at radius 2 is 2.05 bits per heavy atom. The number of carbonyl (C=O) groups excluding carboxylic acids is 1. The molecule has 5 heteroatoms. The number of aryl methyl sites for hydroxylation is 1. The minimum Gasteiger partial charge on any atom is -0.484 e. The molecule has 0 saturated heterocycles. The summed E-state index contributed by atoms with van der Waals surface area (Å²) < 4.78 is 5.47. The fourth-order valence-corrected chi connectivity index (χ4v) is 2.07. The maximum Gasteiger partial charge on any atom is 0.258 e. The standard InChI is InChI=1S/C16H17ClN2O2/c1-11-8-13(18)6-7-15(11)21-10-16(20)19-9-12-4-2-3-5-14(12)17/h2-8H,9-10,18H2,1H3,(H,19,20). The van der Waals surface area contributed by atoms with Crippen molar-refractivity contribution in [3.8, 4) is 5.75 Å². The molecule has 4 nitrogen and oxygen atoms in total. The van der Waals surface area contributed by atoms with Gasteiger partial charge in [-0.3, -0.25) is 4.79 Å². The van der Waals surface area contributed by atoms with Crippen LogP contribution >= 0.6 is 11.6 Å². The molecule has 0 radical (unpaired) electrons. The third kappa shape index (κ3) is 4.39. The SMILES string of the molecule is Cc1cc(N)ccc1OCC(=O)NCc1ccccc1Cl. The van der Waals surface area contributed by atoms with Crippen LogP contribution in [0.4, 0.5) is 5.69 Å². The molecule has 0 aliphatic heterocycles. The van der Waals surface area contributed by atoms with E-state index >= 15 is 0 Å². The van der Waals surface area contributed by atoms with Gasteiger partial charge in [0.2, 0.25) is 0 Å². The number of halogens is 1. The number of hydrogen-bond acceptors (Lipinski definition) is 3. The predicted molar refractivity (Wildman–Crippen MR) is 84.4 cm³/mol. The van der Waals surface area contributed by atoms with E-state index in [0.29, 0.717) is 23.0 Å². The molecular weight excluding hydrogens is 288 g/mol. The van der Waals surface area contributed by atoms with Crippen LogP contribution in [0.15, 0.2) is 42.5 Å². The second kappa shape index (κ2) is 6.99. The molecule has 0 saturated carbocycles. The average molecular weight is 305 g/mol. The van der Waals surface area contributed by atoms with E-state index in [0.717, 1.165) is 11.1 Å². The number of hydrogen-bond donors (Lipinski definition) is 2. The zero-order valence-corrected chi connectivity index (χ0v) is 12.5. The third-order valence-corrected chi connectivity index (χ3v) is 3.36. The van der Waals surface area contributed by atoms with Crippen molar-refractivity contribution < 1.29 is 9.53 Å². The van der Waals surface area contributed by atoms with Crippen LogP contribution in [0.2, 0.25) is 5.02 Å². The summed E-state index contributed by atoms with van der Waals surface area (Å²) in [6.45, 7) is 2.21. The summed E-state index contributed by atoms with van der Waals surface area (Å²) >= 11 is 6.02. The topological polar surface area (TPSA) is 64.3 Å². The molecule has 0 heterocycles. The molecule has 110 valence electrons. The van der Waals surface area contributed by atoms with Crippen LogP contribution in [0.1, 0.15) is 11.1 Å². The molecule has 0 fully saturated rings. The van der Waals surface area contributed by atoms with E-state index in [1.165, 1.54) is 0 Å². The third-order valence-electron chi connectivity index (χ3n) is 2.99. The minimum atomic E-state index is -0.203. The van der Waals surface area contributed by atoms with Crippen molar-refractivity contribution in [1.82, 2.24) is 5.32 Å². The maximum absolute atomic E-state index is 11.8. The molecule has 0 atom stereocenters. The second-order valence-electron chi connectivity index (χ2n) is 4.68. The van der Waals surface area contributed by atoms with Gasteiger partial charge in [-0.05, 0) is 42.3 Å². The van der Waals surface area contributed by atoms with E-state index < -0.39 is 0 Å². The molecule has 1 amide bonds. The summed E-state index contributed by atoms with van der Waals surface area (Å²) in [5.41, 5.74) is 8.10. The van der Waals surface area contributed by atoms with Gasteiger partial charge in [-0.15, -0.1) is 0 Å². The lowest BCUT2D eigenvalue weighted by atomic mass is 10.2. The molecule has 3 N–H and O–H groups in total. The quantitative estimate of drug-likeness (QED) is 0.835. The van der Waals surface area contributed by atoms with E-state index in [1.807, 2.05) is 25.1 Å². The maximum atomic E-state index is 11.8. The van der Waals surface area contributed by atoms with Crippen molar-refractivity contribution in [3.05, 3.63) is 58.6 Å². The molecular formula is C16H17ClN2O2. The lowest BCUT2D eigenvalue weighted by molar-refractivity contribution is -0.123. The molecule has 0 aliphatic rings. The highest BCUT2D eigenvalue weighted by atomic mass is 35.5. The summed E-state index contributed by atoms with van der Waals surface area (Å²) in [5, 5.41) is 3.40. The van der Waals surface area contributed by atoms with Gasteiger partial charge in [-0.1, -0.05) is 29.8 Å². The average Bonchev–Trinajstić information content (AvgIpc) is 2.45. The van der Waals surface area contributed by atoms with Crippen molar-refractivity contribution in [2.45, 2.75) is 13.5 Å². The van der Waals surface area contributed by atoms with Gasteiger partial charge in [0, 0.05) is 17.3 Å². The zero-order chi connectivity index (χ0) is 15.2. The molecule has 0 unspecified atom stereocenters. The van der Waals surface area contributed by atoms with E-state index in [4.69, 9.17) is 22.1 Å². The van der Waals surface area contributed by atoms with Gasteiger partial charge in [-0.25, -0.2) is 0 Å². The number of ether oxygens (including phenoxy) is 1. The smallest absolute Gasteiger partial charge is 0.258 e. The van der Waals surface area contributed by atoms with Crippen molar-refractivity contribution in [3.63, 3.8) is 0 Å². The highest BCUT2D eigenvalue weighted by Gasteiger charge is 2.06. The monoisotopic (exact) mass is 304 g/mol. The molecule has 2 aromatic rings. The first kappa shape index (κ1) is 15.2. The van der Waals surface area contributed by atoms with E-state index in [2.05, 4.69) is 5.32 Å². The number of carbonyl (C=O) groups is 1. The lowest BCUT2D eigenvalue weighted by Crippen LogP contribution is -2.28. The van der Waals surface area contributed by atoms with Crippen molar-refractivity contribution in [1.29, 1.82) is 0 Å². The Morgan fingerprint density at radius 3 is 2.76 bits per heavy atom. The Balaban J connectivity index is 1.84. The van der Waals surface area contributed by atoms with Crippen molar-refractivity contribution in [2.24, 2.45) is 0 Å². The molecule has 2 aromatic carbocycles. The predicted octanol–water partition coefficient (Wildman–Crippen LogP) is 2.93. The second-order valence-corrected chi connectivity index (χ2v) is 5.09. The Morgan fingerprint density at radius 1 is 1.29 bits per heavy atom. The number of nitrogens with one attached hydrogen (secondary N) is 1. The minimum absolute atomic E-state index is 0.0464. The highest BCUT2D eigenvalue weighted by Crippen LogP contribution is 2.20. The van der Waals surface area contributed by atoms with Crippen LogP contribution < -0.4 is 15.8 Å². The highest BCUT2D eigenvalue weighted by molar-refractivity contribution is 6.31. The summed E-state index contributed by atoms with van der Waals surface area (Å²) in [6.07, 6.45) is 0. The van der Waals surface area contributed by atoms with Gasteiger partial charge >= 0.3 is 0 Å². The molecule has 0 spiro atoms. The normalized spacial score (nSPS) is 10.2. The molecule has 0 aliphatic carbocycles. The van der Waals surface area contributed by atoms with E-state index in [1.54, 1.807) is 24.3 Å². The number of nitrogens with two attached hydrogens (primary N) is 1. The van der Waals surface area contributed by atoms with Crippen LogP contribution in [0.3, 0.4) is 0 Å². The molecule has 2 rings (SSSR count). The van der Waals surface area contributed by atoms with Crippen LogP contribution in [-0.2, 0) is 11.3 Å². The van der Waals surface area contributed by atoms with Gasteiger partial charge in [0.25, 0.3) is 5.91 Å². The van der Waals surface area contributed by atoms with E-state index in [9.17, 15) is 4.79 Å².